The van der Waals surface area contributed by atoms with Gasteiger partial charge in [-0.25, -0.2) is 9.97 Å². The van der Waals surface area contributed by atoms with E-state index in [0.29, 0.717) is 19.1 Å². The van der Waals surface area contributed by atoms with Gasteiger partial charge in [0.1, 0.15) is 6.10 Å². The van der Waals surface area contributed by atoms with Crippen molar-refractivity contribution in [3.05, 3.63) is 47.3 Å². The minimum Gasteiger partial charge on any atom is -0.458 e. The molecule has 1 amide bonds. The summed E-state index contributed by atoms with van der Waals surface area (Å²) in [5.41, 5.74) is 2.53. The normalized spacial score (nSPS) is 17.1. The van der Waals surface area contributed by atoms with Crippen LogP contribution in [-0.2, 0) is 0 Å². The molecule has 0 radical (unpaired) electrons. The standard InChI is InChI=1S/C18H21N3O2S/c1-12-10-13(2)20-18(19-12)23-14-8-9-21(11-14)17(22)15-6-4-5-7-16(15)24-3/h4-7,10,14H,8-9,11H2,1-3H3/t14-/m0/s1. The van der Waals surface area contributed by atoms with Gasteiger partial charge in [-0.2, -0.15) is 0 Å². The maximum Gasteiger partial charge on any atom is 0.317 e. The van der Waals surface area contributed by atoms with Gasteiger partial charge < -0.3 is 9.64 Å². The first kappa shape index (κ1) is 16.8. The summed E-state index contributed by atoms with van der Waals surface area (Å²) in [6.07, 6.45) is 2.72. The Hall–Kier alpha value is -2.08. The first-order valence-electron chi connectivity index (χ1n) is 7.98. The monoisotopic (exact) mass is 343 g/mol. The van der Waals surface area contributed by atoms with Crippen molar-refractivity contribution in [3.8, 4) is 6.01 Å². The maximum atomic E-state index is 12.8. The zero-order valence-electron chi connectivity index (χ0n) is 14.2. The van der Waals surface area contributed by atoms with E-state index in [1.807, 2.05) is 55.3 Å². The second-order valence-corrected chi connectivity index (χ2v) is 6.76. The van der Waals surface area contributed by atoms with Crippen LogP contribution in [0.1, 0.15) is 28.2 Å². The summed E-state index contributed by atoms with van der Waals surface area (Å²) in [5.74, 6) is 0.0624. The average molecular weight is 343 g/mol. The van der Waals surface area contributed by atoms with E-state index in [4.69, 9.17) is 4.74 Å². The maximum absolute atomic E-state index is 12.8. The molecule has 126 valence electrons. The fourth-order valence-electron chi connectivity index (χ4n) is 2.90. The number of rotatable bonds is 4. The molecule has 6 heteroatoms. The van der Waals surface area contributed by atoms with Crippen molar-refractivity contribution in [1.29, 1.82) is 0 Å². The molecule has 0 unspecified atom stereocenters. The highest BCUT2D eigenvalue weighted by Gasteiger charge is 2.29. The molecule has 1 aliphatic heterocycles. The number of aryl methyl sites for hydroxylation is 2. The molecule has 3 rings (SSSR count). The van der Waals surface area contributed by atoms with Gasteiger partial charge >= 0.3 is 6.01 Å². The number of thioether (sulfide) groups is 1. The number of aromatic nitrogens is 2. The van der Waals surface area contributed by atoms with Crippen molar-refractivity contribution >= 4 is 17.7 Å². The molecule has 1 saturated heterocycles. The highest BCUT2D eigenvalue weighted by atomic mass is 32.2. The summed E-state index contributed by atoms with van der Waals surface area (Å²) in [5, 5.41) is 0. The molecule has 0 spiro atoms. The Morgan fingerprint density at radius 1 is 1.25 bits per heavy atom. The molecule has 5 nitrogen and oxygen atoms in total. The third-order valence-electron chi connectivity index (χ3n) is 4.00. The lowest BCUT2D eigenvalue weighted by atomic mass is 10.2. The Morgan fingerprint density at radius 3 is 2.67 bits per heavy atom. The van der Waals surface area contributed by atoms with Crippen molar-refractivity contribution in [2.75, 3.05) is 19.3 Å². The second kappa shape index (κ2) is 7.21. The van der Waals surface area contributed by atoms with Crippen LogP contribution in [0.2, 0.25) is 0 Å². The number of carbonyl (C=O) groups excluding carboxylic acids is 1. The fraction of sp³-hybridized carbons (Fsp3) is 0.389. The molecule has 0 bridgehead atoms. The minimum atomic E-state index is -0.0587. The summed E-state index contributed by atoms with van der Waals surface area (Å²) in [6.45, 7) is 5.10. The van der Waals surface area contributed by atoms with Crippen molar-refractivity contribution in [2.24, 2.45) is 0 Å². The van der Waals surface area contributed by atoms with E-state index in [1.165, 1.54) is 0 Å². The van der Waals surface area contributed by atoms with Gasteiger partial charge in [-0.1, -0.05) is 12.1 Å². The largest absolute Gasteiger partial charge is 0.458 e. The van der Waals surface area contributed by atoms with Crippen LogP contribution >= 0.6 is 11.8 Å². The first-order valence-corrected chi connectivity index (χ1v) is 9.20. The van der Waals surface area contributed by atoms with Gasteiger partial charge in [-0.15, -0.1) is 11.8 Å². The Balaban J connectivity index is 1.67. The molecule has 2 aromatic rings. The van der Waals surface area contributed by atoms with E-state index in [-0.39, 0.29) is 12.0 Å². The lowest BCUT2D eigenvalue weighted by molar-refractivity contribution is 0.0766. The molecule has 0 saturated carbocycles. The average Bonchev–Trinajstić information content (AvgIpc) is 3.01. The zero-order valence-corrected chi connectivity index (χ0v) is 15.0. The van der Waals surface area contributed by atoms with Crippen LogP contribution in [0, 0.1) is 13.8 Å². The van der Waals surface area contributed by atoms with Crippen molar-refractivity contribution in [1.82, 2.24) is 14.9 Å². The van der Waals surface area contributed by atoms with E-state index in [0.717, 1.165) is 28.3 Å². The Bertz CT molecular complexity index is 731. The SMILES string of the molecule is CSc1ccccc1C(=O)N1CC[C@H](Oc2nc(C)cc(C)n2)C1. The van der Waals surface area contributed by atoms with Crippen LogP contribution in [0.4, 0.5) is 0 Å². The number of hydrogen-bond donors (Lipinski definition) is 0. The van der Waals surface area contributed by atoms with Gasteiger partial charge in [0.05, 0.1) is 12.1 Å². The number of hydrogen-bond acceptors (Lipinski definition) is 5. The Kier molecular flexibility index (Phi) is 5.04. The van der Waals surface area contributed by atoms with Crippen LogP contribution in [-0.4, -0.2) is 46.2 Å². The van der Waals surface area contributed by atoms with Crippen LogP contribution in [0.5, 0.6) is 6.01 Å². The predicted octanol–water partition coefficient (Wildman–Crippen LogP) is 3.11. The third-order valence-corrected chi connectivity index (χ3v) is 4.80. The van der Waals surface area contributed by atoms with E-state index in [9.17, 15) is 4.79 Å². The van der Waals surface area contributed by atoms with Crippen molar-refractivity contribution < 1.29 is 9.53 Å². The number of likely N-dealkylation sites (tertiary alicyclic amines) is 1. The summed E-state index contributed by atoms with van der Waals surface area (Å²) in [6, 6.07) is 10.0. The smallest absolute Gasteiger partial charge is 0.317 e. The molecule has 1 aliphatic rings. The van der Waals surface area contributed by atoms with Crippen LogP contribution in [0.3, 0.4) is 0 Å². The summed E-state index contributed by atoms with van der Waals surface area (Å²) < 4.78 is 5.89. The first-order chi connectivity index (χ1) is 11.6. The highest BCUT2D eigenvalue weighted by Crippen LogP contribution is 2.24. The molecule has 2 heterocycles. The van der Waals surface area contributed by atoms with E-state index < -0.39 is 0 Å². The highest BCUT2D eigenvalue weighted by molar-refractivity contribution is 7.98. The van der Waals surface area contributed by atoms with Gasteiger partial charge in [0.25, 0.3) is 5.91 Å². The minimum absolute atomic E-state index is 0.0587. The van der Waals surface area contributed by atoms with Crippen LogP contribution in [0.25, 0.3) is 0 Å². The molecule has 1 aromatic heterocycles. The van der Waals surface area contributed by atoms with Crippen molar-refractivity contribution in [2.45, 2.75) is 31.3 Å². The van der Waals surface area contributed by atoms with Gasteiger partial charge in [-0.05, 0) is 38.3 Å². The van der Waals surface area contributed by atoms with E-state index >= 15 is 0 Å². The number of amides is 1. The molecule has 1 atom stereocenters. The molecule has 1 fully saturated rings. The lowest BCUT2D eigenvalue weighted by Crippen LogP contribution is -2.31. The Morgan fingerprint density at radius 2 is 1.96 bits per heavy atom. The predicted molar refractivity (Wildman–Crippen MR) is 94.7 cm³/mol. The molecular weight excluding hydrogens is 322 g/mol. The summed E-state index contributed by atoms with van der Waals surface area (Å²) in [4.78, 5) is 24.2. The molecule has 1 aromatic carbocycles. The molecular formula is C18H21N3O2S. The van der Waals surface area contributed by atoms with Gasteiger partial charge in [0.2, 0.25) is 0 Å². The van der Waals surface area contributed by atoms with Crippen molar-refractivity contribution in [3.63, 3.8) is 0 Å². The van der Waals surface area contributed by atoms with Gasteiger partial charge in [-0.3, -0.25) is 4.79 Å². The second-order valence-electron chi connectivity index (χ2n) is 5.91. The third kappa shape index (κ3) is 3.70. The number of nitrogens with zero attached hydrogens (tertiary/aromatic N) is 3. The molecule has 0 N–H and O–H groups in total. The fourth-order valence-corrected chi connectivity index (χ4v) is 3.49. The lowest BCUT2D eigenvalue weighted by Gasteiger charge is -2.18. The van der Waals surface area contributed by atoms with Gasteiger partial charge in [0, 0.05) is 29.2 Å². The summed E-state index contributed by atoms with van der Waals surface area (Å²) >= 11 is 1.59. The quantitative estimate of drug-likeness (QED) is 0.799. The molecule has 24 heavy (non-hydrogen) atoms. The number of ether oxygens (including phenoxy) is 1. The summed E-state index contributed by atoms with van der Waals surface area (Å²) in [7, 11) is 0. The van der Waals surface area contributed by atoms with E-state index in [2.05, 4.69) is 9.97 Å². The molecule has 0 aliphatic carbocycles. The zero-order chi connectivity index (χ0) is 17.1. The number of benzene rings is 1. The van der Waals surface area contributed by atoms with Gasteiger partial charge in [0.15, 0.2) is 0 Å². The number of carbonyl (C=O) groups is 1. The van der Waals surface area contributed by atoms with E-state index in [1.54, 1.807) is 11.8 Å². The Labute approximate surface area is 146 Å². The van der Waals surface area contributed by atoms with Crippen LogP contribution in [0.15, 0.2) is 35.2 Å². The van der Waals surface area contributed by atoms with Crippen LogP contribution < -0.4 is 4.74 Å². The topological polar surface area (TPSA) is 55.3 Å².